The Hall–Kier alpha value is -0.820. The van der Waals surface area contributed by atoms with Gasteiger partial charge in [-0.25, -0.2) is 13.2 Å². The molecule has 0 aromatic heterocycles. The summed E-state index contributed by atoms with van der Waals surface area (Å²) in [6.07, 6.45) is 0.00853. The number of hydrogen-bond acceptors (Lipinski definition) is 5. The van der Waals surface area contributed by atoms with Crippen molar-refractivity contribution in [1.29, 1.82) is 0 Å². The van der Waals surface area contributed by atoms with Crippen LogP contribution in [0.5, 0.6) is 0 Å². The lowest BCUT2D eigenvalue weighted by Gasteiger charge is -2.36. The Morgan fingerprint density at radius 2 is 2.06 bits per heavy atom. The monoisotopic (exact) mass is 278 g/mol. The Morgan fingerprint density at radius 3 is 2.56 bits per heavy atom. The van der Waals surface area contributed by atoms with E-state index >= 15 is 0 Å². The lowest BCUT2D eigenvalue weighted by Crippen LogP contribution is -2.53. The minimum Gasteiger partial charge on any atom is -0.444 e. The van der Waals surface area contributed by atoms with Gasteiger partial charge in [0.2, 0.25) is 0 Å². The van der Waals surface area contributed by atoms with Crippen LogP contribution in [0.4, 0.5) is 4.79 Å². The third-order valence-electron chi connectivity index (χ3n) is 2.66. The normalized spacial score (nSPS) is 23.8. The van der Waals surface area contributed by atoms with E-state index in [-0.39, 0.29) is 24.1 Å². The molecule has 0 aromatic carbocycles. The topological polar surface area (TPSA) is 89.7 Å². The minimum absolute atomic E-state index is 0.00663. The number of carbonyl (C=O) groups excluding carboxylic acids is 1. The van der Waals surface area contributed by atoms with Crippen molar-refractivity contribution in [3.63, 3.8) is 0 Å². The molecular weight excluding hydrogens is 256 g/mol. The molecule has 1 aliphatic rings. The molecule has 0 spiro atoms. The fourth-order valence-electron chi connectivity index (χ4n) is 1.88. The van der Waals surface area contributed by atoms with Crippen LogP contribution in [0.1, 0.15) is 27.2 Å². The molecule has 2 N–H and O–H groups in total. The summed E-state index contributed by atoms with van der Waals surface area (Å²) in [6.45, 7) is 5.87. The molecule has 1 heterocycles. The first-order valence-corrected chi connectivity index (χ1v) is 7.87. The van der Waals surface area contributed by atoms with Crippen molar-refractivity contribution in [2.45, 2.75) is 38.8 Å². The largest absolute Gasteiger partial charge is 0.444 e. The Morgan fingerprint density at radius 1 is 1.44 bits per heavy atom. The summed E-state index contributed by atoms with van der Waals surface area (Å²) in [7, 11) is -3.07. The molecule has 18 heavy (non-hydrogen) atoms. The zero-order valence-electron chi connectivity index (χ0n) is 11.2. The van der Waals surface area contributed by atoms with Crippen LogP contribution in [-0.4, -0.2) is 55.6 Å². The second-order valence-corrected chi connectivity index (χ2v) is 7.75. The van der Waals surface area contributed by atoms with Gasteiger partial charge in [-0.05, 0) is 33.7 Å². The number of carbonyl (C=O) groups is 1. The predicted octanol–water partition coefficient (Wildman–Crippen LogP) is 0.369. The lowest BCUT2D eigenvalue weighted by atomic mass is 10.2. The Kier molecular flexibility index (Phi) is 4.61. The molecule has 1 aliphatic heterocycles. The number of hydrogen-bond donors (Lipinski definition) is 1. The molecule has 1 atom stereocenters. The van der Waals surface area contributed by atoms with Crippen molar-refractivity contribution in [3.8, 4) is 0 Å². The molecule has 0 bridgehead atoms. The maximum Gasteiger partial charge on any atom is 0.410 e. The van der Waals surface area contributed by atoms with Crippen molar-refractivity contribution in [3.05, 3.63) is 0 Å². The van der Waals surface area contributed by atoms with Crippen LogP contribution in [0.3, 0.4) is 0 Å². The van der Waals surface area contributed by atoms with Crippen LogP contribution in [0.25, 0.3) is 0 Å². The third kappa shape index (κ3) is 4.45. The zero-order chi connectivity index (χ0) is 14.0. The van der Waals surface area contributed by atoms with E-state index < -0.39 is 21.5 Å². The van der Waals surface area contributed by atoms with Gasteiger partial charge in [0.25, 0.3) is 0 Å². The van der Waals surface area contributed by atoms with Crippen molar-refractivity contribution in [2.75, 3.05) is 24.6 Å². The summed E-state index contributed by atoms with van der Waals surface area (Å²) >= 11 is 0. The second kappa shape index (κ2) is 5.44. The van der Waals surface area contributed by atoms with Gasteiger partial charge >= 0.3 is 6.09 Å². The van der Waals surface area contributed by atoms with E-state index in [1.54, 1.807) is 20.8 Å². The number of ether oxygens (including phenoxy) is 1. The van der Waals surface area contributed by atoms with Crippen LogP contribution >= 0.6 is 0 Å². The highest BCUT2D eigenvalue weighted by Gasteiger charge is 2.35. The number of sulfone groups is 1. The molecular formula is C11H22N2O4S. The van der Waals surface area contributed by atoms with Gasteiger partial charge < -0.3 is 15.4 Å². The van der Waals surface area contributed by atoms with Crippen LogP contribution in [-0.2, 0) is 14.6 Å². The highest BCUT2D eigenvalue weighted by Crippen LogP contribution is 2.18. The van der Waals surface area contributed by atoms with Gasteiger partial charge in [-0.15, -0.1) is 0 Å². The summed E-state index contributed by atoms with van der Waals surface area (Å²) in [4.78, 5) is 13.5. The standard InChI is InChI=1S/C11H22N2O4S/c1-11(2,3)17-10(14)13-6-7-18(15,16)8-9(13)4-5-12/h9H,4-8,12H2,1-3H3. The summed E-state index contributed by atoms with van der Waals surface area (Å²) in [6, 6.07) is -0.372. The van der Waals surface area contributed by atoms with Crippen LogP contribution in [0, 0.1) is 0 Å². The van der Waals surface area contributed by atoms with Gasteiger partial charge in [0.1, 0.15) is 5.60 Å². The highest BCUT2D eigenvalue weighted by molar-refractivity contribution is 7.91. The Bertz CT molecular complexity index is 400. The average Bonchev–Trinajstić information content (AvgIpc) is 2.13. The highest BCUT2D eigenvalue weighted by atomic mass is 32.2. The van der Waals surface area contributed by atoms with Gasteiger partial charge in [-0.1, -0.05) is 0 Å². The van der Waals surface area contributed by atoms with Crippen molar-refractivity contribution in [1.82, 2.24) is 4.90 Å². The van der Waals surface area contributed by atoms with Gasteiger partial charge in [0.05, 0.1) is 17.5 Å². The Labute approximate surface area is 108 Å². The molecule has 1 amide bonds. The predicted molar refractivity (Wildman–Crippen MR) is 69.1 cm³/mol. The molecule has 0 saturated carbocycles. The molecule has 7 heteroatoms. The maximum atomic E-state index is 12.0. The van der Waals surface area contributed by atoms with Crippen LogP contribution in [0.15, 0.2) is 0 Å². The first kappa shape index (κ1) is 15.2. The van der Waals surface area contributed by atoms with E-state index in [0.717, 1.165) is 0 Å². The molecule has 0 radical (unpaired) electrons. The fourth-order valence-corrected chi connectivity index (χ4v) is 3.45. The number of rotatable bonds is 2. The Balaban J connectivity index is 2.77. The lowest BCUT2D eigenvalue weighted by molar-refractivity contribution is 0.0179. The summed E-state index contributed by atoms with van der Waals surface area (Å²) in [5.41, 5.74) is 4.88. The number of nitrogens with two attached hydrogens (primary N) is 1. The van der Waals surface area contributed by atoms with Gasteiger partial charge in [-0.2, -0.15) is 0 Å². The molecule has 1 fully saturated rings. The molecule has 1 unspecified atom stereocenters. The first-order valence-electron chi connectivity index (χ1n) is 6.05. The summed E-state index contributed by atoms with van der Waals surface area (Å²) < 4.78 is 28.4. The minimum atomic E-state index is -3.07. The quantitative estimate of drug-likeness (QED) is 0.788. The molecule has 0 aromatic rings. The first-order chi connectivity index (χ1) is 8.14. The third-order valence-corrected chi connectivity index (χ3v) is 4.36. The smallest absolute Gasteiger partial charge is 0.410 e. The van der Waals surface area contributed by atoms with E-state index in [1.807, 2.05) is 0 Å². The summed E-state index contributed by atoms with van der Waals surface area (Å²) in [5.74, 6) is -0.0310. The van der Waals surface area contributed by atoms with E-state index in [4.69, 9.17) is 10.5 Å². The van der Waals surface area contributed by atoms with Crippen molar-refractivity contribution >= 4 is 15.9 Å². The molecule has 106 valence electrons. The summed E-state index contributed by atoms with van der Waals surface area (Å²) in [5, 5.41) is 0. The van der Waals surface area contributed by atoms with E-state index in [1.165, 1.54) is 4.90 Å². The van der Waals surface area contributed by atoms with E-state index in [9.17, 15) is 13.2 Å². The number of amides is 1. The average molecular weight is 278 g/mol. The molecule has 1 rings (SSSR count). The SMILES string of the molecule is CC(C)(C)OC(=O)N1CCS(=O)(=O)CC1CCN. The van der Waals surface area contributed by atoms with E-state index in [2.05, 4.69) is 0 Å². The number of nitrogens with zero attached hydrogens (tertiary/aromatic N) is 1. The van der Waals surface area contributed by atoms with E-state index in [0.29, 0.717) is 13.0 Å². The van der Waals surface area contributed by atoms with Gasteiger partial charge in [0, 0.05) is 6.54 Å². The van der Waals surface area contributed by atoms with Crippen LogP contribution in [0.2, 0.25) is 0 Å². The van der Waals surface area contributed by atoms with Crippen LogP contribution < -0.4 is 5.73 Å². The fraction of sp³-hybridized carbons (Fsp3) is 0.909. The van der Waals surface area contributed by atoms with Gasteiger partial charge in [0.15, 0.2) is 9.84 Å². The molecule has 1 saturated heterocycles. The second-order valence-electron chi connectivity index (χ2n) is 5.52. The van der Waals surface area contributed by atoms with Crippen molar-refractivity contribution < 1.29 is 17.9 Å². The maximum absolute atomic E-state index is 12.0. The molecule has 0 aliphatic carbocycles. The van der Waals surface area contributed by atoms with Crippen molar-refractivity contribution in [2.24, 2.45) is 5.73 Å². The zero-order valence-corrected chi connectivity index (χ0v) is 12.0. The van der Waals surface area contributed by atoms with Gasteiger partial charge in [-0.3, -0.25) is 0 Å². The molecule has 6 nitrogen and oxygen atoms in total.